The van der Waals surface area contributed by atoms with Crippen molar-refractivity contribution in [3.05, 3.63) is 11.6 Å². The second kappa shape index (κ2) is 4.32. The molecule has 0 aromatic heterocycles. The molecule has 4 aliphatic rings. The predicted octanol–water partition coefficient (Wildman–Crippen LogP) is 2.19. The third-order valence-electron chi connectivity index (χ3n) is 5.81. The van der Waals surface area contributed by atoms with Gasteiger partial charge in [-0.2, -0.15) is 0 Å². The van der Waals surface area contributed by atoms with Crippen LogP contribution in [0.2, 0.25) is 0 Å². The number of rotatable bonds is 3. The molecular formula is C17H26O4. The van der Waals surface area contributed by atoms with Crippen LogP contribution in [-0.2, 0) is 9.53 Å². The highest BCUT2D eigenvalue weighted by molar-refractivity contribution is 5.87. The first-order chi connectivity index (χ1) is 9.67. The van der Waals surface area contributed by atoms with Crippen LogP contribution in [0.4, 0.5) is 0 Å². The Balaban J connectivity index is 2.02. The molecule has 0 saturated heterocycles. The smallest absolute Gasteiger partial charge is 0.333 e. The van der Waals surface area contributed by atoms with Crippen molar-refractivity contribution in [2.24, 2.45) is 16.2 Å². The van der Waals surface area contributed by atoms with Crippen molar-refractivity contribution in [3.63, 3.8) is 0 Å². The molecule has 2 N–H and O–H groups in total. The molecule has 0 aromatic carbocycles. The highest BCUT2D eigenvalue weighted by atomic mass is 16.5. The Morgan fingerprint density at radius 3 is 2.48 bits per heavy atom. The zero-order chi connectivity index (χ0) is 15.5. The molecule has 0 aromatic rings. The molecule has 4 saturated carbocycles. The van der Waals surface area contributed by atoms with Gasteiger partial charge in [0.25, 0.3) is 0 Å². The Hall–Kier alpha value is -0.870. The molecule has 4 rings (SSSR count). The molecule has 118 valence electrons. The maximum Gasteiger partial charge on any atom is 0.333 e. The lowest BCUT2D eigenvalue weighted by atomic mass is 9.38. The molecule has 4 aliphatic carbocycles. The fraction of sp³-hybridized carbons (Fsp3) is 0.824. The average Bonchev–Trinajstić information content (AvgIpc) is 2.32. The Morgan fingerprint density at radius 1 is 1.19 bits per heavy atom. The van der Waals surface area contributed by atoms with Gasteiger partial charge in [0.05, 0.1) is 12.7 Å². The normalized spacial score (nSPS) is 48.5. The number of aliphatic hydroxyl groups excluding tert-OH is 1. The van der Waals surface area contributed by atoms with Crippen LogP contribution in [0.25, 0.3) is 0 Å². The standard InChI is InChI=1S/C17H26O4/c1-12(13(19)21-3)4-15-5-14(2)6-16(8-15,11-18)10-17(20,7-14)9-15/h4,18,20H,5-11H2,1-3H3/b12-4+. The summed E-state index contributed by atoms with van der Waals surface area (Å²) in [5.41, 5.74) is -0.400. The van der Waals surface area contributed by atoms with E-state index in [-0.39, 0.29) is 28.8 Å². The second-order valence-electron chi connectivity index (χ2n) is 8.44. The average molecular weight is 294 g/mol. The summed E-state index contributed by atoms with van der Waals surface area (Å²) in [5.74, 6) is -0.305. The molecule has 4 fully saturated rings. The van der Waals surface area contributed by atoms with Crippen LogP contribution in [0.1, 0.15) is 52.4 Å². The summed E-state index contributed by atoms with van der Waals surface area (Å²) in [7, 11) is 1.39. The largest absolute Gasteiger partial charge is 0.466 e. The van der Waals surface area contributed by atoms with Crippen LogP contribution < -0.4 is 0 Å². The first-order valence-electron chi connectivity index (χ1n) is 7.78. The predicted molar refractivity (Wildman–Crippen MR) is 78.5 cm³/mol. The third kappa shape index (κ3) is 2.33. The topological polar surface area (TPSA) is 66.8 Å². The summed E-state index contributed by atoms with van der Waals surface area (Å²) in [6, 6.07) is 0. The molecule has 0 radical (unpaired) electrons. The van der Waals surface area contributed by atoms with E-state index in [1.54, 1.807) is 6.92 Å². The molecule has 21 heavy (non-hydrogen) atoms. The molecule has 0 amide bonds. The van der Waals surface area contributed by atoms with E-state index in [0.717, 1.165) is 25.7 Å². The van der Waals surface area contributed by atoms with Crippen LogP contribution in [0, 0.1) is 16.2 Å². The van der Waals surface area contributed by atoms with E-state index in [2.05, 4.69) is 6.92 Å². The monoisotopic (exact) mass is 294 g/mol. The van der Waals surface area contributed by atoms with Gasteiger partial charge >= 0.3 is 5.97 Å². The van der Waals surface area contributed by atoms with Crippen molar-refractivity contribution < 1.29 is 19.7 Å². The van der Waals surface area contributed by atoms with Gasteiger partial charge in [-0.05, 0) is 61.7 Å². The second-order valence-corrected chi connectivity index (χ2v) is 8.44. The molecule has 4 heteroatoms. The SMILES string of the molecule is COC(=O)/C(C)=C/C12CC3(C)CC(O)(C1)CC(CO)(C3)C2. The van der Waals surface area contributed by atoms with Gasteiger partial charge in [-0.15, -0.1) is 0 Å². The summed E-state index contributed by atoms with van der Waals surface area (Å²) in [5, 5.41) is 20.9. The lowest BCUT2D eigenvalue weighted by molar-refractivity contribution is -0.225. The van der Waals surface area contributed by atoms with Crippen molar-refractivity contribution >= 4 is 5.97 Å². The first-order valence-corrected chi connectivity index (χ1v) is 7.78. The summed E-state index contributed by atoms with van der Waals surface area (Å²) in [6.45, 7) is 4.12. The van der Waals surface area contributed by atoms with Gasteiger partial charge in [0, 0.05) is 12.2 Å². The number of hydrogen-bond donors (Lipinski definition) is 2. The van der Waals surface area contributed by atoms with Gasteiger partial charge in [0.15, 0.2) is 0 Å². The lowest BCUT2D eigenvalue weighted by Crippen LogP contribution is -2.63. The van der Waals surface area contributed by atoms with E-state index in [4.69, 9.17) is 4.74 Å². The van der Waals surface area contributed by atoms with Crippen LogP contribution >= 0.6 is 0 Å². The maximum absolute atomic E-state index is 11.7. The fourth-order valence-electron chi connectivity index (χ4n) is 6.40. The zero-order valence-corrected chi connectivity index (χ0v) is 13.2. The molecule has 0 aliphatic heterocycles. The number of carbonyl (C=O) groups excluding carboxylic acids is 1. The molecular weight excluding hydrogens is 268 g/mol. The number of ether oxygens (including phenoxy) is 1. The van der Waals surface area contributed by atoms with Crippen molar-refractivity contribution in [1.82, 2.24) is 0 Å². The first kappa shape index (κ1) is 15.0. The van der Waals surface area contributed by atoms with Crippen LogP contribution in [-0.4, -0.2) is 35.5 Å². The highest BCUT2D eigenvalue weighted by Crippen LogP contribution is 2.71. The number of carbonyl (C=O) groups is 1. The Labute approximate surface area is 126 Å². The summed E-state index contributed by atoms with van der Waals surface area (Å²) in [6.07, 6.45) is 7.05. The van der Waals surface area contributed by atoms with E-state index >= 15 is 0 Å². The molecule has 4 bridgehead atoms. The van der Waals surface area contributed by atoms with Crippen molar-refractivity contribution in [3.8, 4) is 0 Å². The molecule has 4 unspecified atom stereocenters. The molecule has 4 nitrogen and oxygen atoms in total. The maximum atomic E-state index is 11.7. The van der Waals surface area contributed by atoms with Gasteiger partial charge in [0.1, 0.15) is 0 Å². The van der Waals surface area contributed by atoms with Crippen molar-refractivity contribution in [2.45, 2.75) is 58.0 Å². The van der Waals surface area contributed by atoms with Gasteiger partial charge in [0.2, 0.25) is 0 Å². The molecule has 0 spiro atoms. The minimum atomic E-state index is -0.695. The van der Waals surface area contributed by atoms with E-state index < -0.39 is 5.60 Å². The lowest BCUT2D eigenvalue weighted by Gasteiger charge is -2.68. The summed E-state index contributed by atoms with van der Waals surface area (Å²) < 4.78 is 4.81. The summed E-state index contributed by atoms with van der Waals surface area (Å²) in [4.78, 5) is 11.7. The minimum Gasteiger partial charge on any atom is -0.466 e. The van der Waals surface area contributed by atoms with Crippen LogP contribution in [0.15, 0.2) is 11.6 Å². The van der Waals surface area contributed by atoms with Gasteiger partial charge < -0.3 is 14.9 Å². The van der Waals surface area contributed by atoms with Crippen molar-refractivity contribution in [2.75, 3.05) is 13.7 Å². The number of esters is 1. The number of hydrogen-bond acceptors (Lipinski definition) is 4. The van der Waals surface area contributed by atoms with E-state index in [0.29, 0.717) is 18.4 Å². The van der Waals surface area contributed by atoms with E-state index in [1.807, 2.05) is 6.08 Å². The highest BCUT2D eigenvalue weighted by Gasteiger charge is 2.65. The van der Waals surface area contributed by atoms with Gasteiger partial charge in [-0.25, -0.2) is 4.79 Å². The fourth-order valence-corrected chi connectivity index (χ4v) is 6.40. The number of allylic oxidation sites excluding steroid dienone is 1. The number of aliphatic hydroxyl groups is 2. The van der Waals surface area contributed by atoms with E-state index in [9.17, 15) is 15.0 Å². The van der Waals surface area contributed by atoms with Gasteiger partial charge in [-0.1, -0.05) is 13.0 Å². The zero-order valence-electron chi connectivity index (χ0n) is 13.2. The van der Waals surface area contributed by atoms with Crippen LogP contribution in [0.5, 0.6) is 0 Å². The van der Waals surface area contributed by atoms with Crippen LogP contribution in [0.3, 0.4) is 0 Å². The Morgan fingerprint density at radius 2 is 1.90 bits per heavy atom. The molecule has 0 heterocycles. The third-order valence-corrected chi connectivity index (χ3v) is 5.81. The summed E-state index contributed by atoms with van der Waals surface area (Å²) >= 11 is 0. The van der Waals surface area contributed by atoms with Crippen molar-refractivity contribution in [1.29, 1.82) is 0 Å². The minimum absolute atomic E-state index is 0.0547. The Bertz CT molecular complexity index is 489. The van der Waals surface area contributed by atoms with Gasteiger partial charge in [-0.3, -0.25) is 0 Å². The quantitative estimate of drug-likeness (QED) is 0.618. The molecule has 4 atom stereocenters. The number of methoxy groups -OCH3 is 1. The Kier molecular flexibility index (Phi) is 3.10. The van der Waals surface area contributed by atoms with E-state index in [1.165, 1.54) is 7.11 Å².